The van der Waals surface area contributed by atoms with E-state index in [-0.39, 0.29) is 12.5 Å². The number of aromatic nitrogens is 1. The molecule has 20 heavy (non-hydrogen) atoms. The van der Waals surface area contributed by atoms with E-state index in [4.69, 9.17) is 0 Å². The van der Waals surface area contributed by atoms with Gasteiger partial charge >= 0.3 is 0 Å². The normalized spacial score (nSPS) is 12.5. The molecule has 1 atom stereocenters. The van der Waals surface area contributed by atoms with Gasteiger partial charge in [-0.05, 0) is 17.0 Å². The van der Waals surface area contributed by atoms with Gasteiger partial charge in [0.05, 0.1) is 5.69 Å². The predicted octanol–water partition coefficient (Wildman–Crippen LogP) is 4.00. The van der Waals surface area contributed by atoms with Crippen LogP contribution in [-0.4, -0.2) is 16.7 Å². The lowest BCUT2D eigenvalue weighted by atomic mass is 9.92. The number of hydrogen-bond donors (Lipinski definition) is 1. The van der Waals surface area contributed by atoms with E-state index < -0.39 is 0 Å². The highest BCUT2D eigenvalue weighted by atomic mass is 16.3. The van der Waals surface area contributed by atoms with Gasteiger partial charge in [-0.1, -0.05) is 55.5 Å². The fourth-order valence-corrected chi connectivity index (χ4v) is 2.58. The van der Waals surface area contributed by atoms with Crippen molar-refractivity contribution in [2.45, 2.75) is 12.8 Å². The van der Waals surface area contributed by atoms with Crippen LogP contribution in [0.2, 0.25) is 0 Å². The zero-order valence-electron chi connectivity index (χ0n) is 11.5. The quantitative estimate of drug-likeness (QED) is 0.775. The maximum absolute atomic E-state index is 9.45. The van der Waals surface area contributed by atoms with Crippen LogP contribution in [-0.2, 0) is 0 Å². The molecule has 0 fully saturated rings. The first-order chi connectivity index (χ1) is 9.81. The fraction of sp³-hybridized carbons (Fsp3) is 0.167. The highest BCUT2D eigenvalue weighted by molar-refractivity contribution is 5.95. The topological polar surface area (TPSA) is 33.1 Å². The second-order valence-corrected chi connectivity index (χ2v) is 5.05. The Morgan fingerprint density at radius 2 is 1.75 bits per heavy atom. The Labute approximate surface area is 118 Å². The van der Waals surface area contributed by atoms with E-state index >= 15 is 0 Å². The zero-order valence-corrected chi connectivity index (χ0v) is 11.5. The Kier molecular flexibility index (Phi) is 3.48. The molecule has 2 aromatic carbocycles. The van der Waals surface area contributed by atoms with E-state index in [1.54, 1.807) is 0 Å². The highest BCUT2D eigenvalue weighted by Crippen LogP contribution is 2.32. The van der Waals surface area contributed by atoms with Crippen molar-refractivity contribution in [1.82, 2.24) is 4.98 Å². The molecule has 0 aliphatic rings. The van der Waals surface area contributed by atoms with Gasteiger partial charge in [-0.3, -0.25) is 4.98 Å². The number of rotatable bonds is 3. The van der Waals surface area contributed by atoms with Crippen molar-refractivity contribution < 1.29 is 5.11 Å². The van der Waals surface area contributed by atoms with Crippen LogP contribution in [0.5, 0.6) is 0 Å². The second kappa shape index (κ2) is 5.43. The molecule has 0 aliphatic heterocycles. The molecule has 0 bridgehead atoms. The fourth-order valence-electron chi connectivity index (χ4n) is 2.58. The van der Waals surface area contributed by atoms with Gasteiger partial charge in [0.2, 0.25) is 0 Å². The van der Waals surface area contributed by atoms with Crippen LogP contribution in [0.25, 0.3) is 22.0 Å². The molecular formula is C18H17NO. The number of pyridine rings is 1. The summed E-state index contributed by atoms with van der Waals surface area (Å²) < 4.78 is 0. The van der Waals surface area contributed by atoms with Crippen LogP contribution in [0.4, 0.5) is 0 Å². The van der Waals surface area contributed by atoms with Crippen LogP contribution < -0.4 is 0 Å². The molecule has 3 rings (SSSR count). The summed E-state index contributed by atoms with van der Waals surface area (Å²) in [7, 11) is 0. The largest absolute Gasteiger partial charge is 0.396 e. The summed E-state index contributed by atoms with van der Waals surface area (Å²) in [5.41, 5.74) is 3.23. The van der Waals surface area contributed by atoms with Crippen LogP contribution >= 0.6 is 0 Å². The molecule has 2 nitrogen and oxygen atoms in total. The summed E-state index contributed by atoms with van der Waals surface area (Å²) in [6, 6.07) is 18.5. The third kappa shape index (κ3) is 2.19. The van der Waals surface area contributed by atoms with Crippen molar-refractivity contribution >= 4 is 10.8 Å². The number of aliphatic hydroxyl groups is 1. The Hall–Kier alpha value is -2.19. The zero-order chi connectivity index (χ0) is 13.9. The monoisotopic (exact) mass is 263 g/mol. The van der Waals surface area contributed by atoms with Gasteiger partial charge in [-0.25, -0.2) is 0 Å². The smallest absolute Gasteiger partial charge is 0.0783 e. The lowest BCUT2D eigenvalue weighted by molar-refractivity contribution is 0.273. The molecule has 1 heterocycles. The summed E-state index contributed by atoms with van der Waals surface area (Å²) in [4.78, 5) is 4.57. The lowest BCUT2D eigenvalue weighted by Crippen LogP contribution is -2.01. The molecule has 0 saturated carbocycles. The van der Waals surface area contributed by atoms with E-state index in [1.807, 2.05) is 43.5 Å². The number of nitrogens with zero attached hydrogens (tertiary/aromatic N) is 1. The molecule has 100 valence electrons. The third-order valence-corrected chi connectivity index (χ3v) is 3.69. The first-order valence-corrected chi connectivity index (χ1v) is 6.85. The average Bonchev–Trinajstić information content (AvgIpc) is 2.53. The molecule has 1 N–H and O–H groups in total. The number of aliphatic hydroxyl groups excluding tert-OH is 1. The van der Waals surface area contributed by atoms with E-state index in [9.17, 15) is 5.11 Å². The van der Waals surface area contributed by atoms with Crippen molar-refractivity contribution in [2.24, 2.45) is 0 Å². The maximum Gasteiger partial charge on any atom is 0.0783 e. The highest BCUT2D eigenvalue weighted by Gasteiger charge is 2.13. The minimum absolute atomic E-state index is 0.104. The van der Waals surface area contributed by atoms with Gasteiger partial charge in [-0.15, -0.1) is 0 Å². The van der Waals surface area contributed by atoms with Gasteiger partial charge in [0.1, 0.15) is 0 Å². The summed E-state index contributed by atoms with van der Waals surface area (Å²) in [5.74, 6) is 0.104. The molecular weight excluding hydrogens is 246 g/mol. The van der Waals surface area contributed by atoms with Gasteiger partial charge in [0.15, 0.2) is 0 Å². The standard InChI is InChI=1S/C18H17NO/c1-13(12-20)15-7-4-5-9-17(15)18-16-8-3-2-6-14(16)10-11-19-18/h2-11,13,20H,12H2,1H3. The van der Waals surface area contributed by atoms with E-state index in [0.717, 1.165) is 22.2 Å². The Morgan fingerprint density at radius 3 is 2.60 bits per heavy atom. The summed E-state index contributed by atoms with van der Waals surface area (Å²) >= 11 is 0. The molecule has 0 radical (unpaired) electrons. The van der Waals surface area contributed by atoms with E-state index in [1.165, 1.54) is 5.39 Å². The molecule has 1 aromatic heterocycles. The van der Waals surface area contributed by atoms with Crippen LogP contribution in [0.3, 0.4) is 0 Å². The SMILES string of the molecule is CC(CO)c1ccccc1-c1nccc2ccccc12. The first kappa shape index (κ1) is 12.8. The van der Waals surface area contributed by atoms with Crippen LogP contribution in [0, 0.1) is 0 Å². The van der Waals surface area contributed by atoms with Crippen molar-refractivity contribution in [3.8, 4) is 11.3 Å². The predicted molar refractivity (Wildman–Crippen MR) is 82.7 cm³/mol. The van der Waals surface area contributed by atoms with E-state index in [0.29, 0.717) is 0 Å². The average molecular weight is 263 g/mol. The van der Waals surface area contributed by atoms with Crippen molar-refractivity contribution in [3.63, 3.8) is 0 Å². The molecule has 0 saturated heterocycles. The molecule has 0 amide bonds. The summed E-state index contributed by atoms with van der Waals surface area (Å²) in [6.45, 7) is 2.17. The van der Waals surface area contributed by atoms with Crippen molar-refractivity contribution in [1.29, 1.82) is 0 Å². The van der Waals surface area contributed by atoms with E-state index in [2.05, 4.69) is 29.2 Å². The van der Waals surface area contributed by atoms with Crippen molar-refractivity contribution in [2.75, 3.05) is 6.61 Å². The molecule has 0 aliphatic carbocycles. The van der Waals surface area contributed by atoms with Gasteiger partial charge in [0.25, 0.3) is 0 Å². The minimum Gasteiger partial charge on any atom is -0.396 e. The van der Waals surface area contributed by atoms with Crippen molar-refractivity contribution in [3.05, 3.63) is 66.4 Å². The first-order valence-electron chi connectivity index (χ1n) is 6.85. The Bertz CT molecular complexity index is 731. The Balaban J connectivity index is 2.26. The third-order valence-electron chi connectivity index (χ3n) is 3.69. The molecule has 2 heteroatoms. The maximum atomic E-state index is 9.45. The molecule has 1 unspecified atom stereocenters. The number of fused-ring (bicyclic) bond motifs is 1. The molecule has 3 aromatic rings. The molecule has 0 spiro atoms. The summed E-state index contributed by atoms with van der Waals surface area (Å²) in [5, 5.41) is 11.8. The summed E-state index contributed by atoms with van der Waals surface area (Å²) in [6.07, 6.45) is 1.85. The van der Waals surface area contributed by atoms with Crippen LogP contribution in [0.1, 0.15) is 18.4 Å². The number of benzene rings is 2. The van der Waals surface area contributed by atoms with Gasteiger partial charge in [-0.2, -0.15) is 0 Å². The minimum atomic E-state index is 0.104. The Morgan fingerprint density at radius 1 is 1.00 bits per heavy atom. The lowest BCUT2D eigenvalue weighted by Gasteiger charge is -2.15. The van der Waals surface area contributed by atoms with Gasteiger partial charge in [0, 0.05) is 29.7 Å². The second-order valence-electron chi connectivity index (χ2n) is 5.05. The van der Waals surface area contributed by atoms with Crippen LogP contribution in [0.15, 0.2) is 60.8 Å². The number of hydrogen-bond acceptors (Lipinski definition) is 2. The van der Waals surface area contributed by atoms with Gasteiger partial charge < -0.3 is 5.11 Å².